The summed E-state index contributed by atoms with van der Waals surface area (Å²) in [6.07, 6.45) is 4.16. The summed E-state index contributed by atoms with van der Waals surface area (Å²) in [4.78, 5) is 0. The van der Waals surface area contributed by atoms with Gasteiger partial charge in [-0.3, -0.25) is 0 Å². The van der Waals surface area contributed by atoms with Crippen LogP contribution in [0, 0.1) is 0 Å². The molecule has 1 heterocycles. The van der Waals surface area contributed by atoms with Gasteiger partial charge in [0.15, 0.2) is 0 Å². The normalized spacial score (nSPS) is 30.6. The molecule has 0 saturated carbocycles. The van der Waals surface area contributed by atoms with Crippen molar-refractivity contribution in [3.8, 4) is 0 Å². The van der Waals surface area contributed by atoms with Gasteiger partial charge in [-0.15, -0.1) is 0 Å². The van der Waals surface area contributed by atoms with Gasteiger partial charge >= 0.3 is 0 Å². The molecule has 3 heteroatoms. The summed E-state index contributed by atoms with van der Waals surface area (Å²) in [6, 6.07) is 0. The first-order valence-electron chi connectivity index (χ1n) is 2.09. The van der Waals surface area contributed by atoms with Gasteiger partial charge in [-0.2, -0.15) is 0 Å². The highest BCUT2D eigenvalue weighted by Gasteiger charge is 2.12. The van der Waals surface area contributed by atoms with E-state index < -0.39 is 7.27 Å². The highest BCUT2D eigenvalue weighted by atomic mass is 35.7. The summed E-state index contributed by atoms with van der Waals surface area (Å²) in [5, 5.41) is 0. The Morgan fingerprint density at radius 2 is 2.43 bits per heavy atom. The molecule has 1 aliphatic rings. The van der Waals surface area contributed by atoms with E-state index in [0.29, 0.717) is 0 Å². The zero-order valence-corrected chi connectivity index (χ0v) is 6.10. The van der Waals surface area contributed by atoms with Crippen LogP contribution in [0.2, 0.25) is 0 Å². The Hall–Kier alpha value is 0.750. The molecule has 0 N–H and O–H groups in total. The van der Waals surface area contributed by atoms with Gasteiger partial charge in [-0.05, 0) is 12.6 Å². The van der Waals surface area contributed by atoms with Gasteiger partial charge in [0.05, 0.1) is 4.77 Å². The Morgan fingerprint density at radius 3 is 2.57 bits per heavy atom. The quantitative estimate of drug-likeness (QED) is 0.471. The van der Waals surface area contributed by atoms with Gasteiger partial charge in [0.2, 0.25) is 0 Å². The summed E-state index contributed by atoms with van der Waals surface area (Å²) in [5.41, 5.74) is 0. The average molecular weight is 155 g/mol. The molecule has 0 bridgehead atoms. The third kappa shape index (κ3) is 1.32. The van der Waals surface area contributed by atoms with Crippen LogP contribution in [0.1, 0.15) is 6.42 Å². The monoisotopic (exact) mass is 154 g/mol. The smallest absolute Gasteiger partial charge is 0.0529 e. The van der Waals surface area contributed by atoms with Crippen LogP contribution in [0.25, 0.3) is 0 Å². The number of hydrogen-bond acceptors (Lipinski definition) is 0. The van der Waals surface area contributed by atoms with Gasteiger partial charge in [0, 0.05) is 7.27 Å². The molecule has 1 aliphatic heterocycles. The highest BCUT2D eigenvalue weighted by Crippen LogP contribution is 2.56. The molecular formula is C4H5Cl2P. The van der Waals surface area contributed by atoms with Crippen molar-refractivity contribution >= 4 is 30.1 Å². The Balaban J connectivity index is 2.54. The predicted octanol–water partition coefficient (Wildman–Crippen LogP) is 3.11. The van der Waals surface area contributed by atoms with Crippen LogP contribution in [0.3, 0.4) is 0 Å². The highest BCUT2D eigenvalue weighted by molar-refractivity contribution is 7.89. The van der Waals surface area contributed by atoms with E-state index in [1.807, 2.05) is 6.08 Å². The van der Waals surface area contributed by atoms with E-state index in [1.54, 1.807) is 0 Å². The van der Waals surface area contributed by atoms with Gasteiger partial charge in [0.1, 0.15) is 0 Å². The van der Waals surface area contributed by atoms with E-state index >= 15 is 0 Å². The van der Waals surface area contributed by atoms with Gasteiger partial charge in [-0.25, -0.2) is 0 Å². The summed E-state index contributed by atoms with van der Waals surface area (Å²) < 4.78 is 0.886. The molecule has 0 spiro atoms. The molecular weight excluding hydrogens is 150 g/mol. The zero-order chi connectivity index (χ0) is 5.28. The van der Waals surface area contributed by atoms with Crippen LogP contribution in [0.15, 0.2) is 10.8 Å². The maximum absolute atomic E-state index is 5.73. The molecule has 0 saturated heterocycles. The fourth-order valence-electron chi connectivity index (χ4n) is 0.503. The summed E-state index contributed by atoms with van der Waals surface area (Å²) in [5.74, 6) is 0. The van der Waals surface area contributed by atoms with E-state index in [2.05, 4.69) is 0 Å². The summed E-state index contributed by atoms with van der Waals surface area (Å²) in [6.45, 7) is 0. The Morgan fingerprint density at radius 1 is 1.71 bits per heavy atom. The van der Waals surface area contributed by atoms with Crippen LogP contribution in [-0.4, -0.2) is 6.16 Å². The van der Waals surface area contributed by atoms with Crippen LogP contribution in [0.5, 0.6) is 0 Å². The molecule has 40 valence electrons. The van der Waals surface area contributed by atoms with Crippen molar-refractivity contribution in [2.75, 3.05) is 6.16 Å². The molecule has 0 nitrogen and oxygen atoms in total. The lowest BCUT2D eigenvalue weighted by atomic mass is 10.5. The molecule has 1 rings (SSSR count). The molecule has 0 aromatic carbocycles. The molecule has 0 amide bonds. The van der Waals surface area contributed by atoms with E-state index in [1.165, 1.54) is 0 Å². The van der Waals surface area contributed by atoms with Crippen molar-refractivity contribution in [2.24, 2.45) is 0 Å². The minimum absolute atomic E-state index is 0.427. The van der Waals surface area contributed by atoms with Crippen molar-refractivity contribution in [3.63, 3.8) is 0 Å². The van der Waals surface area contributed by atoms with Crippen LogP contribution < -0.4 is 0 Å². The molecule has 1 unspecified atom stereocenters. The van der Waals surface area contributed by atoms with E-state index in [4.69, 9.17) is 22.8 Å². The predicted molar refractivity (Wildman–Crippen MR) is 36.2 cm³/mol. The SMILES string of the molecule is ClC1=CCCP1Cl. The lowest BCUT2D eigenvalue weighted by Gasteiger charge is -1.93. The number of hydrogen-bond donors (Lipinski definition) is 0. The Kier molecular flexibility index (Phi) is 1.97. The van der Waals surface area contributed by atoms with Crippen molar-refractivity contribution in [1.82, 2.24) is 0 Å². The second-order valence-electron chi connectivity index (χ2n) is 1.40. The summed E-state index contributed by atoms with van der Waals surface area (Å²) >= 11 is 11.3. The molecule has 0 aromatic heterocycles. The van der Waals surface area contributed by atoms with E-state index in [-0.39, 0.29) is 0 Å². The van der Waals surface area contributed by atoms with Crippen LogP contribution >= 0.6 is 30.1 Å². The molecule has 7 heavy (non-hydrogen) atoms. The third-order valence-electron chi connectivity index (χ3n) is 0.870. The molecule has 0 fully saturated rings. The van der Waals surface area contributed by atoms with Crippen molar-refractivity contribution in [1.29, 1.82) is 0 Å². The lowest BCUT2D eigenvalue weighted by molar-refractivity contribution is 1.27. The number of allylic oxidation sites excluding steroid dienone is 1. The fraction of sp³-hybridized carbons (Fsp3) is 0.500. The maximum Gasteiger partial charge on any atom is 0.0529 e. The van der Waals surface area contributed by atoms with Gasteiger partial charge < -0.3 is 0 Å². The Bertz CT molecular complexity index is 99.9. The second kappa shape index (κ2) is 2.35. The zero-order valence-electron chi connectivity index (χ0n) is 3.69. The molecule has 0 radical (unpaired) electrons. The largest absolute Gasteiger partial charge is 0.0902 e. The molecule has 0 aromatic rings. The van der Waals surface area contributed by atoms with E-state index in [0.717, 1.165) is 17.4 Å². The first-order chi connectivity index (χ1) is 3.30. The van der Waals surface area contributed by atoms with Crippen molar-refractivity contribution in [2.45, 2.75) is 6.42 Å². The van der Waals surface area contributed by atoms with Gasteiger partial charge in [0.25, 0.3) is 0 Å². The first kappa shape index (κ1) is 5.88. The number of rotatable bonds is 0. The molecule has 1 atom stereocenters. The topological polar surface area (TPSA) is 0 Å². The fourth-order valence-corrected chi connectivity index (χ4v) is 2.26. The van der Waals surface area contributed by atoms with Gasteiger partial charge in [-0.1, -0.05) is 28.9 Å². The van der Waals surface area contributed by atoms with Crippen molar-refractivity contribution < 1.29 is 0 Å². The van der Waals surface area contributed by atoms with E-state index in [9.17, 15) is 0 Å². The minimum atomic E-state index is -0.427. The standard InChI is InChI=1S/C4H5Cl2P/c5-4-2-1-3-7(4)6/h2H,1,3H2. The average Bonchev–Trinajstić information content (AvgIpc) is 1.91. The first-order valence-corrected chi connectivity index (χ1v) is 4.90. The second-order valence-corrected chi connectivity index (χ2v) is 4.95. The summed E-state index contributed by atoms with van der Waals surface area (Å²) in [7, 11) is -0.427. The molecule has 0 aliphatic carbocycles. The van der Waals surface area contributed by atoms with Crippen LogP contribution in [-0.2, 0) is 0 Å². The lowest BCUT2D eigenvalue weighted by Crippen LogP contribution is -1.60. The third-order valence-corrected chi connectivity index (χ3v) is 4.25. The van der Waals surface area contributed by atoms with Crippen molar-refractivity contribution in [3.05, 3.63) is 10.8 Å². The number of halogens is 2. The maximum atomic E-state index is 5.73. The van der Waals surface area contributed by atoms with Crippen LogP contribution in [0.4, 0.5) is 0 Å². The minimum Gasteiger partial charge on any atom is -0.0902 e. The Labute approximate surface area is 54.0 Å².